The summed E-state index contributed by atoms with van der Waals surface area (Å²) in [6.07, 6.45) is 2.43. The van der Waals surface area contributed by atoms with E-state index in [0.717, 1.165) is 30.1 Å². The van der Waals surface area contributed by atoms with Gasteiger partial charge < -0.3 is 14.6 Å². The first kappa shape index (κ1) is 14.8. The molecule has 0 atom stereocenters. The van der Waals surface area contributed by atoms with Gasteiger partial charge in [-0.05, 0) is 43.2 Å². The third-order valence-corrected chi connectivity index (χ3v) is 4.51. The number of anilines is 1. The first-order valence-corrected chi connectivity index (χ1v) is 8.19. The van der Waals surface area contributed by atoms with Gasteiger partial charge in [0.15, 0.2) is 0 Å². The number of rotatable bonds is 3. The van der Waals surface area contributed by atoms with E-state index in [9.17, 15) is 4.79 Å². The van der Waals surface area contributed by atoms with E-state index < -0.39 is 0 Å². The number of nitrogens with one attached hydrogen (secondary N) is 1. The van der Waals surface area contributed by atoms with Crippen LogP contribution in [0.3, 0.4) is 0 Å². The van der Waals surface area contributed by atoms with Gasteiger partial charge in [-0.2, -0.15) is 0 Å². The van der Waals surface area contributed by atoms with Crippen molar-refractivity contribution in [2.24, 2.45) is 0 Å². The maximum atomic E-state index is 12.3. The largest absolute Gasteiger partial charge is 0.495 e. The molecule has 0 radical (unpaired) electrons. The molecule has 0 unspecified atom stereocenters. The Hall–Kier alpha value is -2.82. The van der Waals surface area contributed by atoms with Crippen LogP contribution in [0.5, 0.6) is 5.75 Å². The van der Waals surface area contributed by atoms with Crippen molar-refractivity contribution >= 4 is 16.6 Å². The molecule has 1 aliphatic rings. The van der Waals surface area contributed by atoms with Crippen LogP contribution in [0.1, 0.15) is 12.8 Å². The summed E-state index contributed by atoms with van der Waals surface area (Å²) in [7, 11) is 1.68. The van der Waals surface area contributed by atoms with Crippen molar-refractivity contribution in [3.05, 3.63) is 52.8 Å². The van der Waals surface area contributed by atoms with Gasteiger partial charge in [-0.25, -0.2) is 4.98 Å². The van der Waals surface area contributed by atoms with Gasteiger partial charge in [-0.1, -0.05) is 12.1 Å². The first-order valence-electron chi connectivity index (χ1n) is 8.19. The summed E-state index contributed by atoms with van der Waals surface area (Å²) in [4.78, 5) is 22.1. The summed E-state index contributed by atoms with van der Waals surface area (Å²) in [5.74, 6) is 1.37. The molecule has 1 aliphatic heterocycles. The van der Waals surface area contributed by atoms with Crippen LogP contribution in [0.2, 0.25) is 0 Å². The molecule has 0 spiro atoms. The second-order valence-corrected chi connectivity index (χ2v) is 6.01. The van der Waals surface area contributed by atoms with Gasteiger partial charge in [0.1, 0.15) is 11.6 Å². The number of nitrogens with zero attached hydrogens (tertiary/aromatic N) is 2. The Morgan fingerprint density at radius 3 is 2.71 bits per heavy atom. The average molecular weight is 321 g/mol. The summed E-state index contributed by atoms with van der Waals surface area (Å²) >= 11 is 0. The molecular formula is C19H19N3O2. The van der Waals surface area contributed by atoms with Crippen LogP contribution < -0.4 is 15.2 Å². The van der Waals surface area contributed by atoms with Gasteiger partial charge in [-0.3, -0.25) is 4.79 Å². The lowest BCUT2D eigenvalue weighted by Gasteiger charge is -2.21. The number of hydrogen-bond donors (Lipinski definition) is 1. The van der Waals surface area contributed by atoms with E-state index in [1.165, 1.54) is 12.8 Å². The quantitative estimate of drug-likeness (QED) is 0.805. The molecule has 1 N–H and O–H groups in total. The predicted octanol–water partition coefficient (Wildman–Crippen LogP) is 3.20. The lowest BCUT2D eigenvalue weighted by atomic mass is 10.1. The van der Waals surface area contributed by atoms with Crippen molar-refractivity contribution in [2.75, 3.05) is 25.1 Å². The molecule has 122 valence electrons. The minimum absolute atomic E-state index is 0.127. The fraction of sp³-hybridized carbons (Fsp3) is 0.263. The number of para-hydroxylation sites is 1. The van der Waals surface area contributed by atoms with Gasteiger partial charge in [0.25, 0.3) is 5.56 Å². The predicted molar refractivity (Wildman–Crippen MR) is 95.8 cm³/mol. The standard InChI is InChI=1S/C19H19N3O2/c1-24-17-12-13(8-9-16(17)22-10-4-5-11-22)18-20-15-7-3-2-6-14(15)19(23)21-18/h2-3,6-9,12H,4-5,10-11H2,1H3,(H,20,21,23). The molecule has 0 aliphatic carbocycles. The summed E-state index contributed by atoms with van der Waals surface area (Å²) in [6, 6.07) is 13.3. The van der Waals surface area contributed by atoms with E-state index in [1.54, 1.807) is 13.2 Å². The van der Waals surface area contributed by atoms with Crippen LogP contribution in [0.25, 0.3) is 22.3 Å². The monoisotopic (exact) mass is 321 g/mol. The second-order valence-electron chi connectivity index (χ2n) is 6.01. The van der Waals surface area contributed by atoms with Gasteiger partial charge >= 0.3 is 0 Å². The van der Waals surface area contributed by atoms with Crippen molar-refractivity contribution in [1.82, 2.24) is 9.97 Å². The topological polar surface area (TPSA) is 58.2 Å². The van der Waals surface area contributed by atoms with Crippen molar-refractivity contribution in [3.8, 4) is 17.1 Å². The summed E-state index contributed by atoms with van der Waals surface area (Å²) in [6.45, 7) is 2.11. The molecule has 24 heavy (non-hydrogen) atoms. The Balaban J connectivity index is 1.80. The maximum Gasteiger partial charge on any atom is 0.259 e. The zero-order chi connectivity index (χ0) is 16.5. The Labute approximate surface area is 139 Å². The average Bonchev–Trinajstić information content (AvgIpc) is 3.15. The van der Waals surface area contributed by atoms with Gasteiger partial charge in [0, 0.05) is 18.7 Å². The fourth-order valence-electron chi connectivity index (χ4n) is 3.27. The minimum Gasteiger partial charge on any atom is -0.495 e. The van der Waals surface area contributed by atoms with E-state index in [1.807, 2.05) is 30.3 Å². The number of aromatic amines is 1. The first-order chi connectivity index (χ1) is 11.8. The molecule has 0 bridgehead atoms. The molecule has 2 heterocycles. The zero-order valence-electron chi connectivity index (χ0n) is 13.6. The minimum atomic E-state index is -0.127. The molecule has 4 rings (SSSR count). The molecule has 2 aromatic carbocycles. The molecule has 1 saturated heterocycles. The van der Waals surface area contributed by atoms with E-state index in [4.69, 9.17) is 4.74 Å². The lowest BCUT2D eigenvalue weighted by molar-refractivity contribution is 0.415. The molecule has 5 heteroatoms. The van der Waals surface area contributed by atoms with Crippen LogP contribution in [-0.2, 0) is 0 Å². The Bertz CT molecular complexity index is 943. The van der Waals surface area contributed by atoms with Gasteiger partial charge in [0.2, 0.25) is 0 Å². The number of aromatic nitrogens is 2. The third-order valence-electron chi connectivity index (χ3n) is 4.51. The number of ether oxygens (including phenoxy) is 1. The SMILES string of the molecule is COc1cc(-c2nc3ccccc3c(=O)[nH]2)ccc1N1CCCC1. The van der Waals surface area contributed by atoms with E-state index >= 15 is 0 Å². The molecule has 0 saturated carbocycles. The summed E-state index contributed by atoms with van der Waals surface area (Å²) in [5, 5.41) is 0.599. The summed E-state index contributed by atoms with van der Waals surface area (Å²) < 4.78 is 5.58. The normalized spacial score (nSPS) is 14.3. The zero-order valence-corrected chi connectivity index (χ0v) is 13.6. The number of hydrogen-bond acceptors (Lipinski definition) is 4. The summed E-state index contributed by atoms with van der Waals surface area (Å²) in [5.41, 5.74) is 2.51. The highest BCUT2D eigenvalue weighted by Crippen LogP contribution is 2.34. The van der Waals surface area contributed by atoms with Crippen LogP contribution in [-0.4, -0.2) is 30.2 Å². The Kier molecular flexibility index (Phi) is 3.69. The molecule has 5 nitrogen and oxygen atoms in total. The smallest absolute Gasteiger partial charge is 0.259 e. The molecule has 0 amide bonds. The Morgan fingerprint density at radius 1 is 1.12 bits per heavy atom. The maximum absolute atomic E-state index is 12.3. The van der Waals surface area contributed by atoms with Crippen molar-refractivity contribution in [3.63, 3.8) is 0 Å². The van der Waals surface area contributed by atoms with Crippen molar-refractivity contribution in [1.29, 1.82) is 0 Å². The molecule has 3 aromatic rings. The number of methoxy groups -OCH3 is 1. The number of H-pyrrole nitrogens is 1. The van der Waals surface area contributed by atoms with Crippen LogP contribution in [0.15, 0.2) is 47.3 Å². The highest BCUT2D eigenvalue weighted by molar-refractivity contribution is 5.79. The fourth-order valence-corrected chi connectivity index (χ4v) is 3.27. The van der Waals surface area contributed by atoms with Crippen LogP contribution in [0, 0.1) is 0 Å². The van der Waals surface area contributed by atoms with Crippen molar-refractivity contribution in [2.45, 2.75) is 12.8 Å². The van der Waals surface area contributed by atoms with Gasteiger partial charge in [0.05, 0.1) is 23.7 Å². The molecular weight excluding hydrogens is 302 g/mol. The van der Waals surface area contributed by atoms with Gasteiger partial charge in [-0.15, -0.1) is 0 Å². The van der Waals surface area contributed by atoms with Crippen molar-refractivity contribution < 1.29 is 4.74 Å². The number of fused-ring (bicyclic) bond motifs is 1. The molecule has 1 aromatic heterocycles. The highest BCUT2D eigenvalue weighted by Gasteiger charge is 2.17. The second kappa shape index (κ2) is 6.00. The number of benzene rings is 2. The van der Waals surface area contributed by atoms with E-state index in [0.29, 0.717) is 16.7 Å². The Morgan fingerprint density at radius 2 is 1.92 bits per heavy atom. The van der Waals surface area contributed by atoms with Crippen LogP contribution in [0.4, 0.5) is 5.69 Å². The van der Waals surface area contributed by atoms with E-state index in [2.05, 4.69) is 20.9 Å². The third kappa shape index (κ3) is 2.52. The highest BCUT2D eigenvalue weighted by atomic mass is 16.5. The van der Waals surface area contributed by atoms with E-state index in [-0.39, 0.29) is 5.56 Å². The lowest BCUT2D eigenvalue weighted by Crippen LogP contribution is -2.18. The molecule has 1 fully saturated rings. The van der Waals surface area contributed by atoms with Crippen LogP contribution >= 0.6 is 0 Å².